The second kappa shape index (κ2) is 19.9. The number of primary amides is 1. The summed E-state index contributed by atoms with van der Waals surface area (Å²) in [5.41, 5.74) is 11.8. The predicted octanol–water partition coefficient (Wildman–Crippen LogP) is 3.43. The Morgan fingerprint density at radius 1 is 0.565 bits per heavy atom. The lowest BCUT2D eigenvalue weighted by Gasteiger charge is -2.32. The SMILES string of the molecule is CC(C)C[C@@H](N)C(=O)N[C@H](CC1CCCCC1)C(=O)N[C@H](CC1CCCCC1)C(=O)N[C@@H](C(=O)N[C@H](CC(C)C)C(N)=O)C(C)C. The molecule has 2 saturated carbocycles. The minimum atomic E-state index is -0.931. The van der Waals surface area contributed by atoms with Crippen LogP contribution in [0.5, 0.6) is 0 Å². The number of nitrogens with two attached hydrogens (primary N) is 2. The first-order chi connectivity index (χ1) is 21.7. The van der Waals surface area contributed by atoms with Gasteiger partial charge in [-0.15, -0.1) is 0 Å². The third-order valence-corrected chi connectivity index (χ3v) is 9.53. The van der Waals surface area contributed by atoms with Crippen molar-refractivity contribution in [3.8, 4) is 0 Å². The Morgan fingerprint density at radius 3 is 1.39 bits per heavy atom. The van der Waals surface area contributed by atoms with E-state index < -0.39 is 53.8 Å². The largest absolute Gasteiger partial charge is 0.368 e. The van der Waals surface area contributed by atoms with E-state index in [1.807, 2.05) is 41.5 Å². The third-order valence-electron chi connectivity index (χ3n) is 9.53. The van der Waals surface area contributed by atoms with Crippen LogP contribution in [0, 0.1) is 29.6 Å². The number of carbonyl (C=O) groups excluding carboxylic acids is 5. The molecule has 2 fully saturated rings. The Morgan fingerprint density at radius 2 is 0.978 bits per heavy atom. The van der Waals surface area contributed by atoms with Crippen LogP contribution < -0.4 is 32.7 Å². The first kappa shape index (κ1) is 39.5. The van der Waals surface area contributed by atoms with Gasteiger partial charge in [0.2, 0.25) is 29.5 Å². The zero-order chi connectivity index (χ0) is 34.4. The van der Waals surface area contributed by atoms with Gasteiger partial charge in [0.05, 0.1) is 6.04 Å². The van der Waals surface area contributed by atoms with Gasteiger partial charge in [0.25, 0.3) is 0 Å². The normalized spacial score (nSPS) is 19.6. The molecule has 0 radical (unpaired) electrons. The maximum atomic E-state index is 14.0. The van der Waals surface area contributed by atoms with Crippen LogP contribution in [0.2, 0.25) is 0 Å². The molecule has 0 aromatic rings. The molecule has 46 heavy (non-hydrogen) atoms. The van der Waals surface area contributed by atoms with Crippen molar-refractivity contribution in [3.63, 3.8) is 0 Å². The van der Waals surface area contributed by atoms with Crippen molar-refractivity contribution in [1.29, 1.82) is 0 Å². The highest BCUT2D eigenvalue weighted by Gasteiger charge is 2.35. The van der Waals surface area contributed by atoms with Gasteiger partial charge in [-0.25, -0.2) is 0 Å². The van der Waals surface area contributed by atoms with Gasteiger partial charge in [-0.05, 0) is 55.3 Å². The molecule has 2 rings (SSSR count). The zero-order valence-corrected chi connectivity index (χ0v) is 29.4. The number of amides is 5. The topological polar surface area (TPSA) is 186 Å². The predicted molar refractivity (Wildman–Crippen MR) is 181 cm³/mol. The van der Waals surface area contributed by atoms with Crippen LogP contribution in [0.25, 0.3) is 0 Å². The molecule has 0 saturated heterocycles. The van der Waals surface area contributed by atoms with Crippen LogP contribution in [-0.2, 0) is 24.0 Å². The van der Waals surface area contributed by atoms with Gasteiger partial charge in [-0.3, -0.25) is 24.0 Å². The summed E-state index contributed by atoms with van der Waals surface area (Å²) in [5, 5.41) is 11.5. The van der Waals surface area contributed by atoms with Crippen LogP contribution in [0.1, 0.15) is 131 Å². The lowest BCUT2D eigenvalue weighted by Crippen LogP contribution is -2.60. The van der Waals surface area contributed by atoms with Crippen molar-refractivity contribution in [2.45, 2.75) is 162 Å². The second-order valence-electron chi connectivity index (χ2n) is 15.2. The van der Waals surface area contributed by atoms with Crippen molar-refractivity contribution in [2.75, 3.05) is 0 Å². The Labute approximate surface area is 277 Å². The average Bonchev–Trinajstić information content (AvgIpc) is 2.98. The highest BCUT2D eigenvalue weighted by molar-refractivity contribution is 5.95. The van der Waals surface area contributed by atoms with Gasteiger partial charge < -0.3 is 32.7 Å². The summed E-state index contributed by atoms with van der Waals surface area (Å²) >= 11 is 0. The lowest BCUT2D eigenvalue weighted by atomic mass is 9.83. The molecule has 11 heteroatoms. The van der Waals surface area contributed by atoms with E-state index in [1.165, 1.54) is 6.42 Å². The summed E-state index contributed by atoms with van der Waals surface area (Å²) in [6.45, 7) is 11.5. The fourth-order valence-corrected chi connectivity index (χ4v) is 6.91. The number of rotatable bonds is 18. The smallest absolute Gasteiger partial charge is 0.243 e. The molecule has 0 spiro atoms. The Balaban J connectivity index is 2.27. The average molecular weight is 649 g/mol. The molecule has 264 valence electrons. The van der Waals surface area contributed by atoms with E-state index in [0.717, 1.165) is 57.8 Å². The second-order valence-corrected chi connectivity index (χ2v) is 15.2. The summed E-state index contributed by atoms with van der Waals surface area (Å²) in [7, 11) is 0. The number of hydrogen-bond acceptors (Lipinski definition) is 6. The van der Waals surface area contributed by atoms with E-state index in [2.05, 4.69) is 21.3 Å². The Kier molecular flexibility index (Phi) is 17.0. The fourth-order valence-electron chi connectivity index (χ4n) is 6.91. The molecule has 2 aliphatic carbocycles. The van der Waals surface area contributed by atoms with E-state index >= 15 is 0 Å². The van der Waals surface area contributed by atoms with Crippen LogP contribution in [-0.4, -0.2) is 59.7 Å². The van der Waals surface area contributed by atoms with Gasteiger partial charge in [0.15, 0.2) is 0 Å². The number of nitrogens with one attached hydrogen (secondary N) is 4. The molecule has 0 aromatic heterocycles. The lowest BCUT2D eigenvalue weighted by molar-refractivity contribution is -0.135. The molecule has 0 aromatic carbocycles. The van der Waals surface area contributed by atoms with Crippen LogP contribution in [0.4, 0.5) is 0 Å². The van der Waals surface area contributed by atoms with Crippen LogP contribution >= 0.6 is 0 Å². The molecular formula is C35H64N6O5. The summed E-state index contributed by atoms with van der Waals surface area (Å²) < 4.78 is 0. The molecular weight excluding hydrogens is 584 g/mol. The van der Waals surface area contributed by atoms with Gasteiger partial charge in [-0.2, -0.15) is 0 Å². The summed E-state index contributed by atoms with van der Waals surface area (Å²) in [5.74, 6) is -1.71. The highest BCUT2D eigenvalue weighted by Crippen LogP contribution is 2.29. The minimum Gasteiger partial charge on any atom is -0.368 e. The molecule has 0 unspecified atom stereocenters. The summed E-state index contributed by atoms with van der Waals surface area (Å²) in [6, 6.07) is -4.21. The van der Waals surface area contributed by atoms with Crippen molar-refractivity contribution >= 4 is 29.5 Å². The van der Waals surface area contributed by atoms with Crippen molar-refractivity contribution in [2.24, 2.45) is 41.1 Å². The third kappa shape index (κ3) is 14.0. The van der Waals surface area contributed by atoms with E-state index in [0.29, 0.717) is 31.6 Å². The summed E-state index contributed by atoms with van der Waals surface area (Å²) in [6.07, 6.45) is 12.4. The van der Waals surface area contributed by atoms with Gasteiger partial charge in [-0.1, -0.05) is 106 Å². The van der Waals surface area contributed by atoms with Crippen LogP contribution in [0.3, 0.4) is 0 Å². The van der Waals surface area contributed by atoms with Crippen LogP contribution in [0.15, 0.2) is 0 Å². The Bertz CT molecular complexity index is 990. The van der Waals surface area contributed by atoms with E-state index in [1.54, 1.807) is 0 Å². The summed E-state index contributed by atoms with van der Waals surface area (Å²) in [4.78, 5) is 66.4. The zero-order valence-electron chi connectivity index (χ0n) is 29.4. The van der Waals surface area contributed by atoms with Gasteiger partial charge in [0, 0.05) is 0 Å². The molecule has 2 aliphatic rings. The fraction of sp³-hybridized carbons (Fsp3) is 0.857. The van der Waals surface area contributed by atoms with E-state index in [4.69, 9.17) is 11.5 Å². The van der Waals surface area contributed by atoms with Crippen molar-refractivity contribution in [3.05, 3.63) is 0 Å². The number of hydrogen-bond donors (Lipinski definition) is 6. The highest BCUT2D eigenvalue weighted by atomic mass is 16.2. The number of carbonyl (C=O) groups is 5. The molecule has 5 atom stereocenters. The molecule has 0 aliphatic heterocycles. The maximum Gasteiger partial charge on any atom is 0.243 e. The molecule has 11 nitrogen and oxygen atoms in total. The quantitative estimate of drug-likeness (QED) is 0.132. The first-order valence-electron chi connectivity index (χ1n) is 17.9. The standard InChI is InChI=1S/C35H64N6O5/c1-21(2)17-26(36)32(43)39-28(19-24-13-9-7-10-14-24)33(44)40-29(20-25-15-11-8-12-16-25)34(45)41-30(23(5)6)35(46)38-27(31(37)42)18-22(3)4/h21-30H,7-20,36H2,1-6H3,(H2,37,42)(H,38,46)(H,39,43)(H,40,44)(H,41,45)/t26-,27-,28-,29-,30-/m1/s1. The van der Waals surface area contributed by atoms with Gasteiger partial charge in [0.1, 0.15) is 24.2 Å². The van der Waals surface area contributed by atoms with E-state index in [9.17, 15) is 24.0 Å². The van der Waals surface area contributed by atoms with Crippen molar-refractivity contribution < 1.29 is 24.0 Å². The molecule has 5 amide bonds. The molecule has 0 heterocycles. The maximum absolute atomic E-state index is 14.0. The monoisotopic (exact) mass is 648 g/mol. The first-order valence-corrected chi connectivity index (χ1v) is 17.9. The van der Waals surface area contributed by atoms with Crippen molar-refractivity contribution in [1.82, 2.24) is 21.3 Å². The molecule has 8 N–H and O–H groups in total. The van der Waals surface area contributed by atoms with Gasteiger partial charge >= 0.3 is 0 Å². The van der Waals surface area contributed by atoms with E-state index in [-0.39, 0.29) is 29.6 Å². The Hall–Kier alpha value is -2.69. The molecule has 0 bridgehead atoms. The minimum absolute atomic E-state index is 0.127.